The smallest absolute Gasteiger partial charge is 0.256 e. The molecule has 0 spiro atoms. The zero-order valence-electron chi connectivity index (χ0n) is 31.1. The molecule has 15 nitrogen and oxygen atoms in total. The van der Waals surface area contributed by atoms with Gasteiger partial charge < -0.3 is 58.2 Å². The van der Waals surface area contributed by atoms with E-state index in [1.807, 2.05) is 23.4 Å². The zero-order valence-corrected chi connectivity index (χ0v) is 31.1. The summed E-state index contributed by atoms with van der Waals surface area (Å²) in [5, 5.41) is 5.66. The van der Waals surface area contributed by atoms with Gasteiger partial charge in [-0.3, -0.25) is 14.4 Å². The van der Waals surface area contributed by atoms with E-state index in [0.717, 1.165) is 18.7 Å². The van der Waals surface area contributed by atoms with Crippen LogP contribution in [0.15, 0.2) is 29.2 Å². The predicted molar refractivity (Wildman–Crippen MR) is 196 cm³/mol. The van der Waals surface area contributed by atoms with E-state index in [1.165, 1.54) is 27.4 Å². The summed E-state index contributed by atoms with van der Waals surface area (Å²) in [6.45, 7) is 7.43. The first-order chi connectivity index (χ1) is 25.7. The van der Waals surface area contributed by atoms with Crippen LogP contribution in [0.1, 0.15) is 28.9 Å². The Kier molecular flexibility index (Phi) is 14.1. The van der Waals surface area contributed by atoms with E-state index in [-0.39, 0.29) is 49.1 Å². The fourth-order valence-corrected chi connectivity index (χ4v) is 6.32. The number of nitrogens with one attached hydrogen (secondary N) is 2. The molecule has 1 atom stereocenters. The molecule has 3 aromatic rings. The third-order valence-electron chi connectivity index (χ3n) is 9.14. The lowest BCUT2D eigenvalue weighted by atomic mass is 10.0. The number of methoxy groups -OCH3 is 3. The van der Waals surface area contributed by atoms with Gasteiger partial charge in [0.15, 0.2) is 23.1 Å². The summed E-state index contributed by atoms with van der Waals surface area (Å²) in [6, 6.07) is 4.54. The Balaban J connectivity index is 0.977. The Morgan fingerprint density at radius 2 is 1.47 bits per heavy atom. The van der Waals surface area contributed by atoms with Crippen LogP contribution in [0, 0.1) is 5.82 Å². The molecule has 1 fully saturated rings. The van der Waals surface area contributed by atoms with Crippen LogP contribution < -0.4 is 39.9 Å². The summed E-state index contributed by atoms with van der Waals surface area (Å²) in [5.41, 5.74) is 0.975. The van der Waals surface area contributed by atoms with Gasteiger partial charge in [0.05, 0.1) is 84.3 Å². The molecule has 0 saturated carbocycles. The lowest BCUT2D eigenvalue weighted by Gasteiger charge is -2.37. The molecule has 1 unspecified atom stereocenters. The van der Waals surface area contributed by atoms with Crippen molar-refractivity contribution in [3.63, 3.8) is 0 Å². The number of rotatable bonds is 19. The molecule has 2 N–H and O–H groups in total. The number of piperazine rings is 1. The minimum Gasteiger partial charge on any atom is -0.493 e. The van der Waals surface area contributed by atoms with Gasteiger partial charge >= 0.3 is 0 Å². The molecular formula is C37H50FN5O10. The Labute approximate surface area is 308 Å². The number of hydrogen-bond acceptors (Lipinski definition) is 12. The van der Waals surface area contributed by atoms with E-state index >= 15 is 4.39 Å². The summed E-state index contributed by atoms with van der Waals surface area (Å²) in [4.78, 5) is 43.1. The molecule has 0 aliphatic carbocycles. The molecule has 16 heteroatoms. The molecule has 2 aromatic carbocycles. The zero-order chi connectivity index (χ0) is 37.9. The third-order valence-corrected chi connectivity index (χ3v) is 9.14. The van der Waals surface area contributed by atoms with Crippen molar-refractivity contribution in [2.75, 3.05) is 119 Å². The number of pyridine rings is 1. The maximum atomic E-state index is 15.6. The highest BCUT2D eigenvalue weighted by Crippen LogP contribution is 2.42. The van der Waals surface area contributed by atoms with Crippen LogP contribution in [0.5, 0.6) is 23.0 Å². The minimum absolute atomic E-state index is 0.0644. The average Bonchev–Trinajstić information content (AvgIpc) is 3.15. The first-order valence-corrected chi connectivity index (χ1v) is 17.7. The number of ether oxygens (including phenoxy) is 7. The van der Waals surface area contributed by atoms with E-state index in [2.05, 4.69) is 15.5 Å². The lowest BCUT2D eigenvalue weighted by molar-refractivity contribution is -0.120. The molecule has 3 heterocycles. The summed E-state index contributed by atoms with van der Waals surface area (Å²) < 4.78 is 56.0. The van der Waals surface area contributed by atoms with Crippen LogP contribution in [-0.4, -0.2) is 135 Å². The predicted octanol–water partition coefficient (Wildman–Crippen LogP) is 2.01. The standard InChI is InChI=1S/C37H50FN5O10/c1-24-23-53-36-32-26(21-28(38)33(36)42-10-8-41(2)9-11-42)34(45)27(22-43(24)32)37(46)40-7-13-51-15-17-52-16-14-50-12-6-39-31(44)20-25-18-29(47-3)35(49-5)30(19-25)48-4/h18-19,21-22,24H,6-17,20,23H2,1-5H3,(H,39,44)(H,40,46). The largest absolute Gasteiger partial charge is 0.493 e. The summed E-state index contributed by atoms with van der Waals surface area (Å²) >= 11 is 0. The first-order valence-electron chi connectivity index (χ1n) is 17.7. The number of carbonyl (C=O) groups excluding carboxylic acids is 2. The molecule has 5 rings (SSSR count). The quantitative estimate of drug-likeness (QED) is 0.173. The molecule has 2 amide bonds. The molecular weight excluding hydrogens is 693 g/mol. The van der Waals surface area contributed by atoms with Gasteiger partial charge in [-0.2, -0.15) is 0 Å². The third kappa shape index (κ3) is 9.67. The Bertz CT molecular complexity index is 1770. The average molecular weight is 744 g/mol. The highest BCUT2D eigenvalue weighted by molar-refractivity contribution is 6.00. The summed E-state index contributed by atoms with van der Waals surface area (Å²) in [6.07, 6.45) is 1.69. The Morgan fingerprint density at radius 3 is 2.08 bits per heavy atom. The van der Waals surface area contributed by atoms with Gasteiger partial charge in [0, 0.05) is 45.5 Å². The van der Waals surface area contributed by atoms with Gasteiger partial charge in [0.1, 0.15) is 17.9 Å². The minimum atomic E-state index is -0.557. The highest BCUT2D eigenvalue weighted by atomic mass is 19.1. The number of amides is 2. The number of aromatic nitrogens is 1. The van der Waals surface area contributed by atoms with Gasteiger partial charge in [0.25, 0.3) is 5.91 Å². The van der Waals surface area contributed by atoms with Crippen LogP contribution in [0.25, 0.3) is 10.9 Å². The normalized spacial score (nSPS) is 15.6. The molecule has 1 saturated heterocycles. The number of hydrogen-bond donors (Lipinski definition) is 2. The molecule has 53 heavy (non-hydrogen) atoms. The maximum absolute atomic E-state index is 15.6. The second kappa shape index (κ2) is 18.9. The lowest BCUT2D eigenvalue weighted by Crippen LogP contribution is -2.45. The van der Waals surface area contributed by atoms with Gasteiger partial charge in [-0.15, -0.1) is 0 Å². The van der Waals surface area contributed by atoms with E-state index in [9.17, 15) is 14.4 Å². The number of likely N-dealkylation sites (N-methyl/N-ethyl adjacent to an activating group) is 1. The number of halogens is 1. The summed E-state index contributed by atoms with van der Waals surface area (Å²) in [7, 11) is 6.59. The Hall–Kier alpha value is -4.64. The van der Waals surface area contributed by atoms with Crippen LogP contribution in [0.2, 0.25) is 0 Å². The Morgan fingerprint density at radius 1 is 0.868 bits per heavy atom. The van der Waals surface area contributed by atoms with Gasteiger partial charge in [-0.1, -0.05) is 0 Å². The molecule has 2 aliphatic heterocycles. The molecule has 2 aliphatic rings. The van der Waals surface area contributed by atoms with E-state index < -0.39 is 17.2 Å². The van der Waals surface area contributed by atoms with Crippen molar-refractivity contribution in [1.82, 2.24) is 20.1 Å². The fraction of sp³-hybridized carbons (Fsp3) is 0.541. The van der Waals surface area contributed by atoms with Gasteiger partial charge in [-0.05, 0) is 37.7 Å². The highest BCUT2D eigenvalue weighted by Gasteiger charge is 2.31. The molecule has 290 valence electrons. The second-order valence-electron chi connectivity index (χ2n) is 12.8. The van der Waals surface area contributed by atoms with Crippen molar-refractivity contribution in [3.05, 3.63) is 51.6 Å². The molecule has 0 radical (unpaired) electrons. The van der Waals surface area contributed by atoms with Gasteiger partial charge in [0.2, 0.25) is 17.1 Å². The second-order valence-corrected chi connectivity index (χ2v) is 12.8. The van der Waals surface area contributed by atoms with E-state index in [4.69, 9.17) is 33.2 Å². The monoisotopic (exact) mass is 743 g/mol. The van der Waals surface area contributed by atoms with Crippen molar-refractivity contribution in [3.8, 4) is 23.0 Å². The van der Waals surface area contributed by atoms with Crippen LogP contribution in [0.4, 0.5) is 10.1 Å². The van der Waals surface area contributed by atoms with Crippen LogP contribution in [0.3, 0.4) is 0 Å². The number of benzene rings is 2. The van der Waals surface area contributed by atoms with Crippen molar-refractivity contribution in [2.24, 2.45) is 0 Å². The number of nitrogens with zero attached hydrogens (tertiary/aromatic N) is 3. The SMILES string of the molecule is COc1cc(CC(=O)NCCOCCOCCOCCNC(=O)c2cn3c4c(c(N5CCN(C)CC5)c(F)cc4c2=O)OCC3C)cc(OC)c1OC. The van der Waals surface area contributed by atoms with Crippen molar-refractivity contribution in [1.29, 1.82) is 0 Å². The maximum Gasteiger partial charge on any atom is 0.256 e. The number of anilines is 1. The fourth-order valence-electron chi connectivity index (χ4n) is 6.32. The summed E-state index contributed by atoms with van der Waals surface area (Å²) in [5.74, 6) is 0.509. The van der Waals surface area contributed by atoms with Gasteiger partial charge in [-0.25, -0.2) is 4.39 Å². The molecule has 0 bridgehead atoms. The van der Waals surface area contributed by atoms with Crippen molar-refractivity contribution < 1.29 is 47.1 Å². The van der Waals surface area contributed by atoms with Crippen LogP contribution >= 0.6 is 0 Å². The molecule has 1 aromatic heterocycles. The van der Waals surface area contributed by atoms with Crippen LogP contribution in [-0.2, 0) is 25.4 Å². The first kappa shape index (κ1) is 39.6. The van der Waals surface area contributed by atoms with E-state index in [0.29, 0.717) is 86.9 Å². The topological polar surface area (TPSA) is 151 Å². The van der Waals surface area contributed by atoms with E-state index in [1.54, 1.807) is 18.3 Å². The van der Waals surface area contributed by atoms with Crippen molar-refractivity contribution in [2.45, 2.75) is 19.4 Å². The number of carbonyl (C=O) groups is 2. The van der Waals surface area contributed by atoms with Crippen molar-refractivity contribution >= 4 is 28.4 Å².